The molecule has 0 aliphatic heterocycles. The van der Waals surface area contributed by atoms with Crippen LogP contribution in [-0.4, -0.2) is 18.0 Å². The number of aryl methyl sites for hydroxylation is 1. The number of hydrogen-bond acceptors (Lipinski definition) is 2. The molecule has 1 amide bonds. The van der Waals surface area contributed by atoms with Crippen molar-refractivity contribution in [3.8, 4) is 0 Å². The summed E-state index contributed by atoms with van der Waals surface area (Å²) >= 11 is 0. The van der Waals surface area contributed by atoms with Crippen LogP contribution < -0.4 is 10.6 Å². The van der Waals surface area contributed by atoms with Crippen molar-refractivity contribution in [1.29, 1.82) is 0 Å². The van der Waals surface area contributed by atoms with Crippen LogP contribution in [0.5, 0.6) is 0 Å². The molecular formula is C22H32N2O. The summed E-state index contributed by atoms with van der Waals surface area (Å²) in [6, 6.07) is 8.27. The molecule has 4 saturated carbocycles. The van der Waals surface area contributed by atoms with Crippen LogP contribution in [0, 0.1) is 30.1 Å². The highest BCUT2D eigenvalue weighted by Crippen LogP contribution is 2.61. The number of nitrogens with one attached hydrogen (secondary N) is 2. The molecule has 4 bridgehead atoms. The Kier molecular flexibility index (Phi) is 4.39. The van der Waals surface area contributed by atoms with Crippen molar-refractivity contribution in [2.45, 2.75) is 71.4 Å². The van der Waals surface area contributed by atoms with Gasteiger partial charge in [0.1, 0.15) is 0 Å². The van der Waals surface area contributed by atoms with Crippen LogP contribution in [0.2, 0.25) is 0 Å². The van der Waals surface area contributed by atoms with Gasteiger partial charge < -0.3 is 10.6 Å². The third-order valence-corrected chi connectivity index (χ3v) is 7.18. The zero-order valence-electron chi connectivity index (χ0n) is 15.8. The van der Waals surface area contributed by atoms with Crippen molar-refractivity contribution in [1.82, 2.24) is 5.32 Å². The lowest BCUT2D eigenvalue weighted by Crippen LogP contribution is -2.57. The maximum absolute atomic E-state index is 12.6. The summed E-state index contributed by atoms with van der Waals surface area (Å²) in [5, 5.41) is 6.72. The van der Waals surface area contributed by atoms with Crippen LogP contribution in [0.25, 0.3) is 0 Å². The summed E-state index contributed by atoms with van der Waals surface area (Å²) in [6.45, 7) is 6.37. The zero-order valence-corrected chi connectivity index (χ0v) is 15.8. The average Bonchev–Trinajstić information content (AvgIpc) is 2.53. The number of benzene rings is 1. The third kappa shape index (κ3) is 3.36. The van der Waals surface area contributed by atoms with E-state index in [-0.39, 0.29) is 11.9 Å². The zero-order chi connectivity index (χ0) is 17.6. The van der Waals surface area contributed by atoms with Gasteiger partial charge in [0.2, 0.25) is 5.91 Å². The van der Waals surface area contributed by atoms with Crippen molar-refractivity contribution >= 4 is 11.6 Å². The highest BCUT2D eigenvalue weighted by molar-refractivity contribution is 5.94. The van der Waals surface area contributed by atoms with E-state index < -0.39 is 0 Å². The van der Waals surface area contributed by atoms with E-state index in [4.69, 9.17) is 0 Å². The molecule has 1 aromatic rings. The lowest BCUT2D eigenvalue weighted by atomic mass is 9.48. The highest BCUT2D eigenvalue weighted by Gasteiger charge is 2.53. The van der Waals surface area contributed by atoms with Crippen LogP contribution in [-0.2, 0) is 4.79 Å². The maximum atomic E-state index is 12.6. The first-order chi connectivity index (χ1) is 11.9. The third-order valence-electron chi connectivity index (χ3n) is 7.18. The van der Waals surface area contributed by atoms with E-state index in [1.807, 2.05) is 38.1 Å². The largest absolute Gasteiger partial charge is 0.325 e. The van der Waals surface area contributed by atoms with Gasteiger partial charge in [-0.15, -0.1) is 0 Å². The second kappa shape index (κ2) is 6.42. The van der Waals surface area contributed by atoms with Crippen molar-refractivity contribution in [2.75, 3.05) is 5.32 Å². The van der Waals surface area contributed by atoms with Crippen LogP contribution >= 0.6 is 0 Å². The van der Waals surface area contributed by atoms with E-state index in [2.05, 4.69) is 17.6 Å². The molecule has 0 aromatic heterocycles. The molecule has 0 spiro atoms. The average molecular weight is 341 g/mol. The summed E-state index contributed by atoms with van der Waals surface area (Å²) in [4.78, 5) is 12.6. The van der Waals surface area contributed by atoms with Gasteiger partial charge >= 0.3 is 0 Å². The van der Waals surface area contributed by atoms with Gasteiger partial charge in [0.05, 0.1) is 6.04 Å². The Morgan fingerprint density at radius 1 is 1.08 bits per heavy atom. The number of hydrogen-bond donors (Lipinski definition) is 2. The molecule has 0 radical (unpaired) electrons. The van der Waals surface area contributed by atoms with E-state index in [1.54, 1.807) is 0 Å². The minimum Gasteiger partial charge on any atom is -0.325 e. The van der Waals surface area contributed by atoms with E-state index in [1.165, 1.54) is 44.1 Å². The van der Waals surface area contributed by atoms with Gasteiger partial charge in [-0.05, 0) is 100 Å². The Hall–Kier alpha value is -1.35. The molecular weight excluding hydrogens is 308 g/mol. The molecule has 3 nitrogen and oxygen atoms in total. The summed E-state index contributed by atoms with van der Waals surface area (Å²) < 4.78 is 0. The van der Waals surface area contributed by atoms with Crippen LogP contribution in [0.3, 0.4) is 0 Å². The topological polar surface area (TPSA) is 41.1 Å². The Labute approximate surface area is 152 Å². The number of carbonyl (C=O) groups excluding carboxylic acids is 1. The minimum atomic E-state index is -0.163. The van der Waals surface area contributed by atoms with Crippen LogP contribution in [0.15, 0.2) is 24.3 Å². The number of carbonyl (C=O) groups is 1. The molecule has 4 fully saturated rings. The summed E-state index contributed by atoms with van der Waals surface area (Å²) in [5.74, 6) is 2.92. The van der Waals surface area contributed by atoms with E-state index in [9.17, 15) is 4.79 Å². The fraction of sp³-hybridized carbons (Fsp3) is 0.682. The predicted molar refractivity (Wildman–Crippen MR) is 102 cm³/mol. The lowest BCUT2D eigenvalue weighted by molar-refractivity contribution is -0.119. The van der Waals surface area contributed by atoms with Gasteiger partial charge in [0.25, 0.3) is 0 Å². The quantitative estimate of drug-likeness (QED) is 0.827. The van der Waals surface area contributed by atoms with Crippen molar-refractivity contribution < 1.29 is 4.79 Å². The molecule has 2 N–H and O–H groups in total. The van der Waals surface area contributed by atoms with E-state index in [0.717, 1.165) is 23.4 Å². The smallest absolute Gasteiger partial charge is 0.241 e. The van der Waals surface area contributed by atoms with Gasteiger partial charge in [-0.3, -0.25) is 4.79 Å². The van der Waals surface area contributed by atoms with Crippen LogP contribution in [0.1, 0.15) is 57.9 Å². The van der Waals surface area contributed by atoms with Gasteiger partial charge in [-0.25, -0.2) is 0 Å². The number of amides is 1. The Morgan fingerprint density at radius 2 is 1.68 bits per heavy atom. The highest BCUT2D eigenvalue weighted by atomic mass is 16.2. The molecule has 25 heavy (non-hydrogen) atoms. The first-order valence-corrected chi connectivity index (χ1v) is 10.1. The van der Waals surface area contributed by atoms with Crippen molar-refractivity contribution in [3.05, 3.63) is 29.8 Å². The van der Waals surface area contributed by atoms with Crippen molar-refractivity contribution in [2.24, 2.45) is 23.2 Å². The molecule has 0 heterocycles. The number of anilines is 1. The number of rotatable bonds is 5. The predicted octanol–water partition coefficient (Wildman–Crippen LogP) is 4.52. The van der Waals surface area contributed by atoms with E-state index >= 15 is 0 Å². The SMILES string of the molecule is Cc1cccc(NC(=O)[C@@H](C)N[C@H](C)C23CC4CC(CC(C4)C2)C3)c1. The normalized spacial score (nSPS) is 35.4. The first kappa shape index (κ1) is 17.1. The van der Waals surface area contributed by atoms with Crippen LogP contribution in [0.4, 0.5) is 5.69 Å². The second-order valence-electron chi connectivity index (χ2n) is 9.25. The molecule has 3 heteroatoms. The molecule has 2 atom stereocenters. The van der Waals surface area contributed by atoms with Crippen molar-refractivity contribution in [3.63, 3.8) is 0 Å². The minimum absolute atomic E-state index is 0.0715. The first-order valence-electron chi connectivity index (χ1n) is 10.1. The monoisotopic (exact) mass is 340 g/mol. The Balaban J connectivity index is 1.38. The Bertz CT molecular complexity index is 618. The molecule has 0 unspecified atom stereocenters. The molecule has 0 saturated heterocycles. The fourth-order valence-electron chi connectivity index (χ4n) is 6.31. The van der Waals surface area contributed by atoms with Gasteiger partial charge in [-0.2, -0.15) is 0 Å². The standard InChI is InChI=1S/C22H32N2O/c1-14-5-4-6-20(7-14)24-21(25)15(2)23-16(3)22-11-17-8-18(12-22)10-19(9-17)13-22/h4-7,15-19,23H,8-13H2,1-3H3,(H,24,25)/t15-,16-,17?,18?,19?,22?/m1/s1. The van der Waals surface area contributed by atoms with Gasteiger partial charge in [0, 0.05) is 11.7 Å². The molecule has 4 aliphatic rings. The summed E-state index contributed by atoms with van der Waals surface area (Å²) in [7, 11) is 0. The molecule has 5 rings (SSSR count). The fourth-order valence-corrected chi connectivity index (χ4v) is 6.31. The lowest BCUT2D eigenvalue weighted by Gasteiger charge is -2.59. The second-order valence-corrected chi connectivity index (χ2v) is 9.25. The molecule has 1 aromatic carbocycles. The molecule has 4 aliphatic carbocycles. The Morgan fingerprint density at radius 3 is 2.24 bits per heavy atom. The maximum Gasteiger partial charge on any atom is 0.241 e. The van der Waals surface area contributed by atoms with Gasteiger partial charge in [-0.1, -0.05) is 12.1 Å². The summed E-state index contributed by atoms with van der Waals surface area (Å²) in [5.41, 5.74) is 2.49. The summed E-state index contributed by atoms with van der Waals surface area (Å²) in [6.07, 6.45) is 8.53. The van der Waals surface area contributed by atoms with E-state index in [0.29, 0.717) is 11.5 Å². The van der Waals surface area contributed by atoms with Gasteiger partial charge in [0.15, 0.2) is 0 Å². The molecule has 136 valence electrons.